The van der Waals surface area contributed by atoms with Crippen molar-refractivity contribution in [2.24, 2.45) is 0 Å². The van der Waals surface area contributed by atoms with Crippen LogP contribution in [0.3, 0.4) is 0 Å². The number of methoxy groups -OCH3 is 1. The molecular formula is C10H21NO2. The van der Waals surface area contributed by atoms with Crippen LogP contribution in [-0.2, 0) is 9.47 Å². The van der Waals surface area contributed by atoms with Crippen LogP contribution in [-0.4, -0.2) is 39.0 Å². The number of rotatable bonds is 6. The number of nitrogens with one attached hydrogen (secondary N) is 1. The molecule has 1 rings (SSSR count). The lowest BCUT2D eigenvalue weighted by atomic mass is 10.1. The largest absolute Gasteiger partial charge is 0.382 e. The first-order valence-corrected chi connectivity index (χ1v) is 5.20. The predicted molar refractivity (Wildman–Crippen MR) is 52.9 cm³/mol. The molecular weight excluding hydrogens is 166 g/mol. The second-order valence-corrected chi connectivity index (χ2v) is 3.62. The zero-order valence-corrected chi connectivity index (χ0v) is 8.71. The topological polar surface area (TPSA) is 30.5 Å². The van der Waals surface area contributed by atoms with Crippen LogP contribution in [0.15, 0.2) is 0 Å². The second kappa shape index (κ2) is 6.35. The van der Waals surface area contributed by atoms with Gasteiger partial charge in [0.25, 0.3) is 0 Å². The Hall–Kier alpha value is -0.120. The lowest BCUT2D eigenvalue weighted by Gasteiger charge is -2.10. The van der Waals surface area contributed by atoms with Crippen LogP contribution in [0.4, 0.5) is 0 Å². The smallest absolute Gasteiger partial charge is 0.0715 e. The summed E-state index contributed by atoms with van der Waals surface area (Å²) in [7, 11) is 1.70. The predicted octanol–water partition coefficient (Wildman–Crippen LogP) is 1.18. The van der Waals surface area contributed by atoms with Crippen molar-refractivity contribution in [1.29, 1.82) is 0 Å². The fourth-order valence-electron chi connectivity index (χ4n) is 1.78. The number of ether oxygens (including phenoxy) is 2. The Kier molecular flexibility index (Phi) is 5.35. The van der Waals surface area contributed by atoms with Crippen LogP contribution in [0, 0.1) is 0 Å². The van der Waals surface area contributed by atoms with E-state index in [-0.39, 0.29) is 0 Å². The van der Waals surface area contributed by atoms with Crippen molar-refractivity contribution in [2.45, 2.75) is 38.3 Å². The van der Waals surface area contributed by atoms with Gasteiger partial charge in [-0.15, -0.1) is 0 Å². The third-order valence-electron chi connectivity index (χ3n) is 2.46. The van der Waals surface area contributed by atoms with Gasteiger partial charge in [0.15, 0.2) is 0 Å². The molecule has 0 saturated carbocycles. The van der Waals surface area contributed by atoms with Gasteiger partial charge in [0.2, 0.25) is 0 Å². The van der Waals surface area contributed by atoms with Gasteiger partial charge in [-0.2, -0.15) is 0 Å². The Morgan fingerprint density at radius 2 is 2.23 bits per heavy atom. The van der Waals surface area contributed by atoms with Gasteiger partial charge in [0, 0.05) is 19.7 Å². The van der Waals surface area contributed by atoms with E-state index in [2.05, 4.69) is 12.2 Å². The van der Waals surface area contributed by atoms with Crippen molar-refractivity contribution in [3.63, 3.8) is 0 Å². The van der Waals surface area contributed by atoms with E-state index in [0.717, 1.165) is 19.6 Å². The van der Waals surface area contributed by atoms with Crippen LogP contribution in [0.2, 0.25) is 0 Å². The van der Waals surface area contributed by atoms with Gasteiger partial charge in [0.1, 0.15) is 0 Å². The molecule has 1 saturated heterocycles. The van der Waals surface area contributed by atoms with E-state index in [9.17, 15) is 0 Å². The Labute approximate surface area is 80.8 Å². The van der Waals surface area contributed by atoms with Crippen LogP contribution >= 0.6 is 0 Å². The van der Waals surface area contributed by atoms with Crippen molar-refractivity contribution < 1.29 is 9.47 Å². The second-order valence-electron chi connectivity index (χ2n) is 3.62. The first-order valence-electron chi connectivity index (χ1n) is 5.20. The summed E-state index contributed by atoms with van der Waals surface area (Å²) in [4.78, 5) is 0. The van der Waals surface area contributed by atoms with Crippen molar-refractivity contribution in [2.75, 3.05) is 26.9 Å². The van der Waals surface area contributed by atoms with Crippen molar-refractivity contribution in [1.82, 2.24) is 5.32 Å². The first kappa shape index (κ1) is 11.0. The van der Waals surface area contributed by atoms with Crippen LogP contribution in [0.5, 0.6) is 0 Å². The number of hydrogen-bond donors (Lipinski definition) is 1. The van der Waals surface area contributed by atoms with Gasteiger partial charge in [-0.25, -0.2) is 0 Å². The maximum atomic E-state index is 5.63. The zero-order valence-electron chi connectivity index (χ0n) is 8.71. The highest BCUT2D eigenvalue weighted by Crippen LogP contribution is 2.14. The third kappa shape index (κ3) is 4.07. The standard InChI is InChI=1S/C10H21NO2/c1-3-4-9-7-10(8-11-9)13-6-5-12-2/h9-11H,3-8H2,1-2H3. The Morgan fingerprint density at radius 3 is 2.92 bits per heavy atom. The molecule has 1 fully saturated rings. The minimum atomic E-state index is 0.409. The lowest BCUT2D eigenvalue weighted by Crippen LogP contribution is -2.21. The molecule has 0 amide bonds. The highest BCUT2D eigenvalue weighted by atomic mass is 16.5. The van der Waals surface area contributed by atoms with E-state index in [4.69, 9.17) is 9.47 Å². The van der Waals surface area contributed by atoms with Crippen molar-refractivity contribution in [3.05, 3.63) is 0 Å². The van der Waals surface area contributed by atoms with E-state index < -0.39 is 0 Å². The highest BCUT2D eigenvalue weighted by Gasteiger charge is 2.23. The van der Waals surface area contributed by atoms with Gasteiger partial charge >= 0.3 is 0 Å². The highest BCUT2D eigenvalue weighted by molar-refractivity contribution is 4.81. The molecule has 0 spiro atoms. The molecule has 1 aliphatic heterocycles. The fraction of sp³-hybridized carbons (Fsp3) is 1.00. The third-order valence-corrected chi connectivity index (χ3v) is 2.46. The molecule has 3 nitrogen and oxygen atoms in total. The molecule has 1 N–H and O–H groups in total. The molecule has 78 valence electrons. The first-order chi connectivity index (χ1) is 6.36. The van der Waals surface area contributed by atoms with Crippen LogP contribution < -0.4 is 5.32 Å². The van der Waals surface area contributed by atoms with Crippen molar-refractivity contribution in [3.8, 4) is 0 Å². The maximum absolute atomic E-state index is 5.63. The quantitative estimate of drug-likeness (QED) is 0.633. The van der Waals surface area contributed by atoms with E-state index in [1.807, 2.05) is 0 Å². The molecule has 2 atom stereocenters. The number of hydrogen-bond acceptors (Lipinski definition) is 3. The molecule has 1 heterocycles. The van der Waals surface area contributed by atoms with E-state index >= 15 is 0 Å². The molecule has 3 heteroatoms. The Balaban J connectivity index is 2.03. The average Bonchev–Trinajstić information content (AvgIpc) is 2.54. The summed E-state index contributed by atoms with van der Waals surface area (Å²) in [6.07, 6.45) is 4.09. The van der Waals surface area contributed by atoms with Gasteiger partial charge in [-0.05, 0) is 12.8 Å². The summed E-state index contributed by atoms with van der Waals surface area (Å²) in [5.74, 6) is 0. The summed E-state index contributed by atoms with van der Waals surface area (Å²) in [5.41, 5.74) is 0. The van der Waals surface area contributed by atoms with Crippen LogP contribution in [0.1, 0.15) is 26.2 Å². The summed E-state index contributed by atoms with van der Waals surface area (Å²) < 4.78 is 10.6. The van der Waals surface area contributed by atoms with Gasteiger partial charge in [-0.3, -0.25) is 0 Å². The Morgan fingerprint density at radius 1 is 1.38 bits per heavy atom. The molecule has 2 unspecified atom stereocenters. The molecule has 0 aromatic carbocycles. The van der Waals surface area contributed by atoms with Crippen molar-refractivity contribution >= 4 is 0 Å². The maximum Gasteiger partial charge on any atom is 0.0715 e. The van der Waals surface area contributed by atoms with E-state index in [1.54, 1.807) is 7.11 Å². The van der Waals surface area contributed by atoms with Crippen LogP contribution in [0.25, 0.3) is 0 Å². The lowest BCUT2D eigenvalue weighted by molar-refractivity contribution is 0.0260. The fourth-order valence-corrected chi connectivity index (χ4v) is 1.78. The molecule has 0 aromatic heterocycles. The minimum absolute atomic E-state index is 0.409. The molecule has 13 heavy (non-hydrogen) atoms. The average molecular weight is 187 g/mol. The van der Waals surface area contributed by atoms with Gasteiger partial charge in [0.05, 0.1) is 19.3 Å². The van der Waals surface area contributed by atoms with E-state index in [1.165, 1.54) is 12.8 Å². The summed E-state index contributed by atoms with van der Waals surface area (Å²) >= 11 is 0. The SMILES string of the molecule is CCCC1CC(OCCOC)CN1. The summed E-state index contributed by atoms with van der Waals surface area (Å²) in [6.45, 7) is 4.66. The summed E-state index contributed by atoms with van der Waals surface area (Å²) in [5, 5.41) is 3.47. The zero-order chi connectivity index (χ0) is 9.52. The summed E-state index contributed by atoms with van der Waals surface area (Å²) in [6, 6.07) is 0.678. The molecule has 0 aromatic rings. The minimum Gasteiger partial charge on any atom is -0.382 e. The van der Waals surface area contributed by atoms with E-state index in [0.29, 0.717) is 18.8 Å². The molecule has 1 aliphatic rings. The van der Waals surface area contributed by atoms with Gasteiger partial charge < -0.3 is 14.8 Å². The normalized spacial score (nSPS) is 28.2. The molecule has 0 radical (unpaired) electrons. The monoisotopic (exact) mass is 187 g/mol. The molecule has 0 bridgehead atoms. The molecule has 0 aliphatic carbocycles. The Bertz CT molecular complexity index is 130. The van der Waals surface area contributed by atoms with Gasteiger partial charge in [-0.1, -0.05) is 13.3 Å².